The third kappa shape index (κ3) is 3.32. The molecule has 0 bridgehead atoms. The Morgan fingerprint density at radius 2 is 1.42 bits per heavy atom. The SMILES string of the molecule is CCc1c(Cl)nc(Cc2c(Cl)cccc2Cl)nc1Cl. The molecule has 100 valence electrons. The van der Waals surface area contributed by atoms with Crippen molar-refractivity contribution in [1.82, 2.24) is 9.97 Å². The summed E-state index contributed by atoms with van der Waals surface area (Å²) < 4.78 is 0. The molecule has 19 heavy (non-hydrogen) atoms. The molecule has 0 aliphatic heterocycles. The van der Waals surface area contributed by atoms with Crippen molar-refractivity contribution in [3.63, 3.8) is 0 Å². The fraction of sp³-hybridized carbons (Fsp3) is 0.231. The second-order valence-corrected chi connectivity index (χ2v) is 5.46. The summed E-state index contributed by atoms with van der Waals surface area (Å²) in [7, 11) is 0. The predicted molar refractivity (Wildman–Crippen MR) is 80.7 cm³/mol. The van der Waals surface area contributed by atoms with E-state index in [1.165, 1.54) is 0 Å². The minimum absolute atomic E-state index is 0.376. The highest BCUT2D eigenvalue weighted by Gasteiger charge is 2.13. The van der Waals surface area contributed by atoms with Crippen LogP contribution in [0.3, 0.4) is 0 Å². The van der Waals surface area contributed by atoms with Crippen molar-refractivity contribution < 1.29 is 0 Å². The summed E-state index contributed by atoms with van der Waals surface area (Å²) in [4.78, 5) is 8.47. The van der Waals surface area contributed by atoms with Crippen molar-refractivity contribution in [2.24, 2.45) is 0 Å². The standard InChI is InChI=1S/C13H10Cl4N2/c1-2-7-12(16)18-11(19-13(7)17)6-8-9(14)4-3-5-10(8)15/h3-5H,2,6H2,1H3. The summed E-state index contributed by atoms with van der Waals surface area (Å²) >= 11 is 24.4. The van der Waals surface area contributed by atoms with E-state index >= 15 is 0 Å². The maximum atomic E-state index is 6.11. The minimum Gasteiger partial charge on any atom is -0.220 e. The first-order valence-corrected chi connectivity index (χ1v) is 7.17. The maximum absolute atomic E-state index is 6.11. The third-order valence-electron chi connectivity index (χ3n) is 2.70. The fourth-order valence-electron chi connectivity index (χ4n) is 1.70. The largest absolute Gasteiger partial charge is 0.220 e. The molecule has 0 atom stereocenters. The van der Waals surface area contributed by atoms with Gasteiger partial charge in [0.2, 0.25) is 0 Å². The van der Waals surface area contributed by atoms with Crippen LogP contribution in [0.4, 0.5) is 0 Å². The molecule has 0 aliphatic carbocycles. The molecule has 2 nitrogen and oxygen atoms in total. The lowest BCUT2D eigenvalue weighted by Gasteiger charge is -2.08. The Kier molecular flexibility index (Phi) is 4.91. The van der Waals surface area contributed by atoms with E-state index in [1.54, 1.807) is 18.2 Å². The number of hydrogen-bond donors (Lipinski definition) is 0. The summed E-state index contributed by atoms with van der Waals surface area (Å²) in [6.07, 6.45) is 1.08. The van der Waals surface area contributed by atoms with Gasteiger partial charge in [-0.3, -0.25) is 0 Å². The minimum atomic E-state index is 0.376. The Balaban J connectivity index is 2.39. The average Bonchev–Trinajstić information content (AvgIpc) is 2.34. The molecule has 0 unspecified atom stereocenters. The van der Waals surface area contributed by atoms with Crippen molar-refractivity contribution in [1.29, 1.82) is 0 Å². The number of rotatable bonds is 3. The molecule has 1 heterocycles. The highest BCUT2D eigenvalue weighted by Crippen LogP contribution is 2.28. The smallest absolute Gasteiger partial charge is 0.137 e. The maximum Gasteiger partial charge on any atom is 0.137 e. The molecule has 0 radical (unpaired) electrons. The van der Waals surface area contributed by atoms with Crippen molar-refractivity contribution in [3.05, 3.63) is 55.5 Å². The van der Waals surface area contributed by atoms with E-state index in [4.69, 9.17) is 46.4 Å². The first-order chi connectivity index (χ1) is 9.02. The molecule has 2 rings (SSSR count). The van der Waals surface area contributed by atoms with Crippen LogP contribution < -0.4 is 0 Å². The van der Waals surface area contributed by atoms with Crippen LogP contribution in [-0.4, -0.2) is 9.97 Å². The van der Waals surface area contributed by atoms with E-state index in [2.05, 4.69) is 9.97 Å². The van der Waals surface area contributed by atoms with Crippen LogP contribution >= 0.6 is 46.4 Å². The summed E-state index contributed by atoms with van der Waals surface area (Å²) in [5, 5.41) is 1.90. The monoisotopic (exact) mass is 334 g/mol. The Morgan fingerprint density at radius 1 is 0.895 bits per heavy atom. The van der Waals surface area contributed by atoms with Crippen molar-refractivity contribution in [2.75, 3.05) is 0 Å². The molecule has 6 heteroatoms. The number of nitrogens with zero attached hydrogens (tertiary/aromatic N) is 2. The topological polar surface area (TPSA) is 25.8 Å². The first-order valence-electron chi connectivity index (χ1n) is 5.66. The third-order valence-corrected chi connectivity index (χ3v) is 4.04. The van der Waals surface area contributed by atoms with Crippen LogP contribution in [0, 0.1) is 0 Å². The zero-order valence-corrected chi connectivity index (χ0v) is 13.1. The van der Waals surface area contributed by atoms with Crippen LogP contribution in [0.2, 0.25) is 20.4 Å². The van der Waals surface area contributed by atoms with Gasteiger partial charge in [-0.15, -0.1) is 0 Å². The highest BCUT2D eigenvalue weighted by atomic mass is 35.5. The summed E-state index contributed by atoms with van der Waals surface area (Å²) in [6, 6.07) is 5.33. The van der Waals surface area contributed by atoms with Gasteiger partial charge in [0.05, 0.1) is 0 Å². The Bertz CT molecular complexity index is 570. The van der Waals surface area contributed by atoms with Gasteiger partial charge in [0.15, 0.2) is 0 Å². The fourth-order valence-corrected chi connectivity index (χ4v) is 2.92. The van der Waals surface area contributed by atoms with Crippen LogP contribution in [0.5, 0.6) is 0 Å². The van der Waals surface area contributed by atoms with E-state index in [-0.39, 0.29) is 0 Å². The van der Waals surface area contributed by atoms with Gasteiger partial charge in [0, 0.05) is 22.0 Å². The van der Waals surface area contributed by atoms with Crippen LogP contribution in [0.15, 0.2) is 18.2 Å². The second-order valence-electron chi connectivity index (χ2n) is 3.93. The van der Waals surface area contributed by atoms with E-state index in [9.17, 15) is 0 Å². The molecule has 0 N–H and O–H groups in total. The Labute approximate surface area is 131 Å². The molecule has 0 aliphatic rings. The number of aromatic nitrogens is 2. The van der Waals surface area contributed by atoms with E-state index in [0.29, 0.717) is 39.0 Å². The Hall–Kier alpha value is -0.540. The van der Waals surface area contributed by atoms with Gasteiger partial charge in [0.1, 0.15) is 16.1 Å². The molecule has 2 aromatic rings. The van der Waals surface area contributed by atoms with Gasteiger partial charge in [-0.25, -0.2) is 9.97 Å². The van der Waals surface area contributed by atoms with Crippen LogP contribution in [0.25, 0.3) is 0 Å². The number of hydrogen-bond acceptors (Lipinski definition) is 2. The van der Waals surface area contributed by atoms with Gasteiger partial charge in [-0.2, -0.15) is 0 Å². The molecule has 0 amide bonds. The van der Waals surface area contributed by atoms with Crippen molar-refractivity contribution in [2.45, 2.75) is 19.8 Å². The summed E-state index contributed by atoms with van der Waals surface area (Å²) in [5.41, 5.74) is 1.51. The number of halogens is 4. The molecule has 0 saturated heterocycles. The lowest BCUT2D eigenvalue weighted by atomic mass is 10.1. The lowest BCUT2D eigenvalue weighted by Crippen LogP contribution is -2.02. The van der Waals surface area contributed by atoms with Gasteiger partial charge >= 0.3 is 0 Å². The quantitative estimate of drug-likeness (QED) is 0.716. The second kappa shape index (κ2) is 6.27. The van der Waals surface area contributed by atoms with Gasteiger partial charge in [0.25, 0.3) is 0 Å². The highest BCUT2D eigenvalue weighted by molar-refractivity contribution is 6.36. The summed E-state index contributed by atoms with van der Waals surface area (Å²) in [5.74, 6) is 0.502. The van der Waals surface area contributed by atoms with Gasteiger partial charge in [-0.05, 0) is 24.1 Å². The molecule has 1 aromatic carbocycles. The zero-order valence-electron chi connectivity index (χ0n) is 10.1. The molecule has 0 spiro atoms. The van der Waals surface area contributed by atoms with Crippen LogP contribution in [-0.2, 0) is 12.8 Å². The first kappa shape index (κ1) is 14.9. The van der Waals surface area contributed by atoms with Crippen molar-refractivity contribution >= 4 is 46.4 Å². The van der Waals surface area contributed by atoms with E-state index < -0.39 is 0 Å². The van der Waals surface area contributed by atoms with Gasteiger partial charge < -0.3 is 0 Å². The normalized spacial score (nSPS) is 10.8. The molecule has 0 saturated carbocycles. The average molecular weight is 336 g/mol. The zero-order chi connectivity index (χ0) is 14.0. The van der Waals surface area contributed by atoms with E-state index in [0.717, 1.165) is 11.1 Å². The predicted octanol–water partition coefficient (Wildman–Crippen LogP) is 5.24. The Morgan fingerprint density at radius 3 is 1.89 bits per heavy atom. The van der Waals surface area contributed by atoms with Crippen molar-refractivity contribution in [3.8, 4) is 0 Å². The number of benzene rings is 1. The molecular weight excluding hydrogens is 326 g/mol. The molecular formula is C13H10Cl4N2. The molecule has 0 fully saturated rings. The summed E-state index contributed by atoms with van der Waals surface area (Å²) in [6.45, 7) is 1.95. The van der Waals surface area contributed by atoms with Crippen LogP contribution in [0.1, 0.15) is 23.9 Å². The van der Waals surface area contributed by atoms with Gasteiger partial charge in [-0.1, -0.05) is 59.4 Å². The molecule has 1 aromatic heterocycles. The lowest BCUT2D eigenvalue weighted by molar-refractivity contribution is 0.937. The van der Waals surface area contributed by atoms with E-state index in [1.807, 2.05) is 6.92 Å².